The predicted octanol–water partition coefficient (Wildman–Crippen LogP) is 3.97. The lowest BCUT2D eigenvalue weighted by molar-refractivity contribution is -0.162. The van der Waals surface area contributed by atoms with Crippen molar-refractivity contribution in [3.05, 3.63) is 58.4 Å². The lowest BCUT2D eigenvalue weighted by Gasteiger charge is -2.45. The highest BCUT2D eigenvalue weighted by Gasteiger charge is 2.38. The van der Waals surface area contributed by atoms with Gasteiger partial charge in [0.1, 0.15) is 11.8 Å². The standard InChI is InChI=1S/C24H28ClN3O3/c1-27-13-18(11-21(27)12-26)17-4-8-20(9-5-17)28-14-23(24(29)30)31-15-22(28)10-16-2-6-19(25)7-3-16/h2-3,6-7,11,13,17,20,22-23H,4-5,8-10,14-15H2,1H3,(H,29,30). The largest absolute Gasteiger partial charge is 0.479 e. The van der Waals surface area contributed by atoms with E-state index in [0.717, 1.165) is 32.1 Å². The third kappa shape index (κ3) is 4.95. The van der Waals surface area contributed by atoms with E-state index in [4.69, 9.17) is 16.3 Å². The molecule has 2 aromatic rings. The van der Waals surface area contributed by atoms with Gasteiger partial charge in [0.15, 0.2) is 6.10 Å². The number of carbonyl (C=O) groups is 1. The van der Waals surface area contributed by atoms with Gasteiger partial charge in [0.2, 0.25) is 0 Å². The minimum absolute atomic E-state index is 0.153. The van der Waals surface area contributed by atoms with Crippen molar-refractivity contribution in [1.82, 2.24) is 9.47 Å². The molecule has 4 rings (SSSR count). The van der Waals surface area contributed by atoms with Gasteiger partial charge < -0.3 is 14.4 Å². The van der Waals surface area contributed by atoms with Gasteiger partial charge in [-0.3, -0.25) is 4.90 Å². The second kappa shape index (κ2) is 9.44. The number of carboxylic acids is 1. The Morgan fingerprint density at radius 1 is 1.26 bits per heavy atom. The molecule has 1 aromatic carbocycles. The van der Waals surface area contributed by atoms with E-state index in [-0.39, 0.29) is 6.04 Å². The monoisotopic (exact) mass is 441 g/mol. The van der Waals surface area contributed by atoms with Crippen LogP contribution in [0.3, 0.4) is 0 Å². The fourth-order valence-electron chi connectivity index (χ4n) is 5.05. The molecule has 0 bridgehead atoms. The molecular weight excluding hydrogens is 414 g/mol. The minimum atomic E-state index is -0.892. The Kier molecular flexibility index (Phi) is 6.66. The molecule has 6 nitrogen and oxygen atoms in total. The van der Waals surface area contributed by atoms with E-state index in [0.29, 0.717) is 35.8 Å². The summed E-state index contributed by atoms with van der Waals surface area (Å²) in [6, 6.07) is 12.6. The average Bonchev–Trinajstić information content (AvgIpc) is 3.16. The fourth-order valence-corrected chi connectivity index (χ4v) is 5.17. The second-order valence-electron chi connectivity index (χ2n) is 8.73. The molecule has 164 valence electrons. The molecule has 0 spiro atoms. The minimum Gasteiger partial charge on any atom is -0.479 e. The fraction of sp³-hybridized carbons (Fsp3) is 0.500. The summed E-state index contributed by atoms with van der Waals surface area (Å²) in [5, 5.41) is 19.5. The van der Waals surface area contributed by atoms with Crippen molar-refractivity contribution < 1.29 is 14.6 Å². The number of carboxylic acid groups (broad SMARTS) is 1. The van der Waals surface area contributed by atoms with Crippen LogP contribution in [0, 0.1) is 11.3 Å². The van der Waals surface area contributed by atoms with E-state index in [1.165, 1.54) is 11.1 Å². The molecule has 2 heterocycles. The van der Waals surface area contributed by atoms with Crippen molar-refractivity contribution in [2.45, 2.75) is 56.2 Å². The maximum atomic E-state index is 11.6. The van der Waals surface area contributed by atoms with E-state index in [1.807, 2.05) is 41.9 Å². The Morgan fingerprint density at radius 2 is 1.97 bits per heavy atom. The van der Waals surface area contributed by atoms with Crippen LogP contribution >= 0.6 is 11.6 Å². The Labute approximate surface area is 188 Å². The number of ether oxygens (including phenoxy) is 1. The molecule has 31 heavy (non-hydrogen) atoms. The molecular formula is C24H28ClN3O3. The van der Waals surface area contributed by atoms with Gasteiger partial charge >= 0.3 is 5.97 Å². The molecule has 1 aromatic heterocycles. The Hall–Kier alpha value is -2.33. The van der Waals surface area contributed by atoms with Crippen LogP contribution in [0.15, 0.2) is 36.5 Å². The van der Waals surface area contributed by atoms with Crippen molar-refractivity contribution in [3.8, 4) is 6.07 Å². The second-order valence-corrected chi connectivity index (χ2v) is 9.16. The van der Waals surface area contributed by atoms with Crippen LogP contribution in [-0.4, -0.2) is 51.9 Å². The summed E-state index contributed by atoms with van der Waals surface area (Å²) in [4.78, 5) is 14.0. The number of nitrogens with zero attached hydrogens (tertiary/aromatic N) is 3. The molecule has 1 aliphatic heterocycles. The van der Waals surface area contributed by atoms with Gasteiger partial charge in [0, 0.05) is 36.9 Å². The van der Waals surface area contributed by atoms with E-state index in [1.54, 1.807) is 0 Å². The zero-order chi connectivity index (χ0) is 22.0. The molecule has 1 saturated heterocycles. The Balaban J connectivity index is 1.45. The van der Waals surface area contributed by atoms with Crippen LogP contribution in [-0.2, 0) is 23.0 Å². The van der Waals surface area contributed by atoms with Gasteiger partial charge in [-0.1, -0.05) is 23.7 Å². The number of morpholine rings is 1. The molecule has 1 saturated carbocycles. The SMILES string of the molecule is Cn1cc(C2CCC(N3CC(C(=O)O)OCC3Cc3ccc(Cl)cc3)CC2)cc1C#N. The first-order chi connectivity index (χ1) is 14.9. The number of nitriles is 1. The van der Waals surface area contributed by atoms with E-state index < -0.39 is 12.1 Å². The van der Waals surface area contributed by atoms with E-state index in [2.05, 4.69) is 17.2 Å². The number of halogens is 1. The molecule has 2 unspecified atom stereocenters. The van der Waals surface area contributed by atoms with E-state index in [9.17, 15) is 15.2 Å². The first kappa shape index (κ1) is 21.9. The Bertz CT molecular complexity index is 957. The zero-order valence-electron chi connectivity index (χ0n) is 17.7. The third-order valence-electron chi connectivity index (χ3n) is 6.77. The highest BCUT2D eigenvalue weighted by Crippen LogP contribution is 2.37. The number of aliphatic carboxylic acids is 1. The quantitative estimate of drug-likeness (QED) is 0.759. The van der Waals surface area contributed by atoms with Crippen LogP contribution < -0.4 is 0 Å². The zero-order valence-corrected chi connectivity index (χ0v) is 18.5. The van der Waals surface area contributed by atoms with Gasteiger partial charge in [-0.25, -0.2) is 4.79 Å². The lowest BCUT2D eigenvalue weighted by atomic mass is 9.81. The maximum Gasteiger partial charge on any atom is 0.334 e. The predicted molar refractivity (Wildman–Crippen MR) is 118 cm³/mol. The summed E-state index contributed by atoms with van der Waals surface area (Å²) in [6.45, 7) is 0.844. The first-order valence-electron chi connectivity index (χ1n) is 10.9. The molecule has 0 radical (unpaired) electrons. The smallest absolute Gasteiger partial charge is 0.334 e. The van der Waals surface area contributed by atoms with Gasteiger partial charge in [0.05, 0.1) is 6.61 Å². The van der Waals surface area contributed by atoms with Gasteiger partial charge in [-0.2, -0.15) is 5.26 Å². The van der Waals surface area contributed by atoms with Crippen LogP contribution in [0.2, 0.25) is 5.02 Å². The molecule has 2 fully saturated rings. The number of aryl methyl sites for hydroxylation is 1. The summed E-state index contributed by atoms with van der Waals surface area (Å²) in [5.74, 6) is -0.437. The van der Waals surface area contributed by atoms with Crippen molar-refractivity contribution in [3.63, 3.8) is 0 Å². The number of hydrogen-bond acceptors (Lipinski definition) is 4. The number of aromatic nitrogens is 1. The summed E-state index contributed by atoms with van der Waals surface area (Å²) >= 11 is 6.02. The van der Waals surface area contributed by atoms with Crippen molar-refractivity contribution in [2.24, 2.45) is 7.05 Å². The van der Waals surface area contributed by atoms with Crippen LogP contribution in [0.25, 0.3) is 0 Å². The van der Waals surface area contributed by atoms with Gasteiger partial charge in [0.25, 0.3) is 0 Å². The van der Waals surface area contributed by atoms with Crippen molar-refractivity contribution in [1.29, 1.82) is 5.26 Å². The summed E-state index contributed by atoms with van der Waals surface area (Å²) in [6.07, 6.45) is 6.24. The van der Waals surface area contributed by atoms with Crippen molar-refractivity contribution >= 4 is 17.6 Å². The van der Waals surface area contributed by atoms with E-state index >= 15 is 0 Å². The third-order valence-corrected chi connectivity index (χ3v) is 7.03. The summed E-state index contributed by atoms with van der Waals surface area (Å²) in [5.41, 5.74) is 3.11. The Morgan fingerprint density at radius 3 is 2.58 bits per heavy atom. The molecule has 1 aliphatic carbocycles. The molecule has 0 amide bonds. The number of benzene rings is 1. The molecule has 1 N–H and O–H groups in total. The first-order valence-corrected chi connectivity index (χ1v) is 11.2. The number of rotatable bonds is 5. The summed E-state index contributed by atoms with van der Waals surface area (Å²) < 4.78 is 7.58. The summed E-state index contributed by atoms with van der Waals surface area (Å²) in [7, 11) is 1.91. The average molecular weight is 442 g/mol. The molecule has 2 atom stereocenters. The van der Waals surface area contributed by atoms with Crippen LogP contribution in [0.5, 0.6) is 0 Å². The topological polar surface area (TPSA) is 78.5 Å². The van der Waals surface area contributed by atoms with Gasteiger partial charge in [-0.05, 0) is 67.3 Å². The lowest BCUT2D eigenvalue weighted by Crippen LogP contribution is -2.57. The van der Waals surface area contributed by atoms with Crippen LogP contribution in [0.1, 0.15) is 48.4 Å². The highest BCUT2D eigenvalue weighted by atomic mass is 35.5. The van der Waals surface area contributed by atoms with Crippen LogP contribution in [0.4, 0.5) is 0 Å². The maximum absolute atomic E-state index is 11.6. The normalized spacial score (nSPS) is 27.0. The number of hydrogen-bond donors (Lipinski definition) is 1. The molecule has 2 aliphatic rings. The highest BCUT2D eigenvalue weighted by molar-refractivity contribution is 6.30. The van der Waals surface area contributed by atoms with Crippen molar-refractivity contribution in [2.75, 3.05) is 13.2 Å². The van der Waals surface area contributed by atoms with Gasteiger partial charge in [-0.15, -0.1) is 0 Å². The molecule has 7 heteroatoms.